The van der Waals surface area contributed by atoms with Gasteiger partial charge < -0.3 is 15.5 Å². The van der Waals surface area contributed by atoms with Gasteiger partial charge in [-0.3, -0.25) is 9.67 Å². The first-order chi connectivity index (χ1) is 12.0. The first-order valence-electron chi connectivity index (χ1n) is 9.66. The van der Waals surface area contributed by atoms with E-state index in [1.54, 1.807) is 0 Å². The van der Waals surface area contributed by atoms with Crippen LogP contribution in [-0.4, -0.2) is 53.9 Å². The molecule has 6 heteroatoms. The van der Waals surface area contributed by atoms with E-state index in [9.17, 15) is 0 Å². The maximum absolute atomic E-state index is 4.46. The van der Waals surface area contributed by atoms with Crippen LogP contribution in [0.25, 0.3) is 0 Å². The second kappa shape index (κ2) is 9.80. The Kier molecular flexibility index (Phi) is 7.75. The second-order valence-corrected chi connectivity index (χ2v) is 7.25. The first-order valence-corrected chi connectivity index (χ1v) is 9.66. The zero-order chi connectivity index (χ0) is 18.2. The van der Waals surface area contributed by atoms with Crippen molar-refractivity contribution in [1.82, 2.24) is 25.3 Å². The minimum atomic E-state index is 0.757. The number of hydrogen-bond acceptors (Lipinski definition) is 3. The number of nitrogens with one attached hydrogen (secondary N) is 2. The third-order valence-corrected chi connectivity index (χ3v) is 5.49. The van der Waals surface area contributed by atoms with E-state index in [2.05, 4.69) is 46.5 Å². The van der Waals surface area contributed by atoms with Gasteiger partial charge in [0, 0.05) is 44.5 Å². The van der Waals surface area contributed by atoms with Crippen LogP contribution in [0, 0.1) is 13.8 Å². The van der Waals surface area contributed by atoms with Gasteiger partial charge in [-0.15, -0.1) is 0 Å². The molecule has 0 bridgehead atoms. The topological polar surface area (TPSA) is 57.5 Å². The second-order valence-electron chi connectivity index (χ2n) is 7.25. The highest BCUT2D eigenvalue weighted by molar-refractivity contribution is 5.79. The third-order valence-electron chi connectivity index (χ3n) is 5.49. The molecule has 1 aliphatic rings. The van der Waals surface area contributed by atoms with E-state index in [0.29, 0.717) is 0 Å². The van der Waals surface area contributed by atoms with Crippen LogP contribution in [0.1, 0.15) is 55.5 Å². The summed E-state index contributed by atoms with van der Waals surface area (Å²) in [7, 11) is 6.09. The van der Waals surface area contributed by atoms with Crippen LogP contribution in [0.2, 0.25) is 0 Å². The zero-order valence-corrected chi connectivity index (χ0v) is 16.7. The Bertz CT molecular complexity index is 557. The minimum absolute atomic E-state index is 0.757. The van der Waals surface area contributed by atoms with Crippen molar-refractivity contribution in [3.8, 4) is 0 Å². The Morgan fingerprint density at radius 3 is 2.56 bits per heavy atom. The van der Waals surface area contributed by atoms with Gasteiger partial charge in [-0.25, -0.2) is 0 Å². The molecule has 0 unspecified atom stereocenters. The summed E-state index contributed by atoms with van der Waals surface area (Å²) in [5, 5.41) is 11.3. The molecule has 0 spiro atoms. The molecule has 1 saturated carbocycles. The number of hydrogen-bond donors (Lipinski definition) is 2. The molecule has 1 aromatic heterocycles. The van der Waals surface area contributed by atoms with Gasteiger partial charge in [-0.1, -0.05) is 19.3 Å². The predicted molar refractivity (Wildman–Crippen MR) is 105 cm³/mol. The molecule has 1 heterocycles. The van der Waals surface area contributed by atoms with Crippen molar-refractivity contribution in [1.29, 1.82) is 0 Å². The van der Waals surface area contributed by atoms with Crippen LogP contribution < -0.4 is 10.6 Å². The Hall–Kier alpha value is -1.56. The lowest BCUT2D eigenvalue weighted by atomic mass is 9.94. The van der Waals surface area contributed by atoms with E-state index in [0.717, 1.165) is 43.8 Å². The third kappa shape index (κ3) is 5.73. The van der Waals surface area contributed by atoms with Crippen LogP contribution in [0.15, 0.2) is 4.99 Å². The van der Waals surface area contributed by atoms with Gasteiger partial charge in [0.25, 0.3) is 0 Å². The minimum Gasteiger partial charge on any atom is -0.356 e. The van der Waals surface area contributed by atoms with Gasteiger partial charge in [-0.2, -0.15) is 5.10 Å². The van der Waals surface area contributed by atoms with Crippen LogP contribution in [-0.2, 0) is 13.6 Å². The molecular formula is C19H36N6. The summed E-state index contributed by atoms with van der Waals surface area (Å²) < 4.78 is 1.93. The van der Waals surface area contributed by atoms with Gasteiger partial charge >= 0.3 is 0 Å². The van der Waals surface area contributed by atoms with E-state index in [-0.39, 0.29) is 0 Å². The molecule has 0 aromatic carbocycles. The molecule has 0 aliphatic heterocycles. The number of nitrogens with zero attached hydrogens (tertiary/aromatic N) is 4. The maximum atomic E-state index is 4.46. The van der Waals surface area contributed by atoms with Crippen molar-refractivity contribution in [2.24, 2.45) is 12.0 Å². The van der Waals surface area contributed by atoms with E-state index in [1.807, 2.05) is 18.8 Å². The quantitative estimate of drug-likeness (QED) is 0.451. The lowest BCUT2D eigenvalue weighted by molar-refractivity contribution is 0.190. The Balaban J connectivity index is 1.68. The van der Waals surface area contributed by atoms with Crippen LogP contribution in [0.5, 0.6) is 0 Å². The fourth-order valence-corrected chi connectivity index (χ4v) is 3.71. The monoisotopic (exact) mass is 348 g/mol. The SMILES string of the molecule is CN=C(NCCCN(C)C1CCCCC1)NCc1c(C)nn(C)c1C. The normalized spacial score (nSPS) is 16.5. The first kappa shape index (κ1) is 19.8. The molecular weight excluding hydrogens is 312 g/mol. The van der Waals surface area contributed by atoms with Crippen molar-refractivity contribution >= 4 is 5.96 Å². The van der Waals surface area contributed by atoms with Crippen LogP contribution in [0.4, 0.5) is 0 Å². The number of aliphatic imine (C=N–C) groups is 1. The molecule has 1 aromatic rings. The van der Waals surface area contributed by atoms with E-state index in [1.165, 1.54) is 43.4 Å². The lowest BCUT2D eigenvalue weighted by Gasteiger charge is -2.31. The molecule has 2 N–H and O–H groups in total. The number of rotatable bonds is 7. The number of guanidine groups is 1. The molecule has 142 valence electrons. The molecule has 6 nitrogen and oxygen atoms in total. The molecule has 2 rings (SSSR count). The number of aromatic nitrogens is 2. The highest BCUT2D eigenvalue weighted by Crippen LogP contribution is 2.21. The summed E-state index contributed by atoms with van der Waals surface area (Å²) in [6.45, 7) is 7.01. The van der Waals surface area contributed by atoms with Gasteiger partial charge in [0.05, 0.1) is 5.69 Å². The van der Waals surface area contributed by atoms with Crippen LogP contribution in [0.3, 0.4) is 0 Å². The summed E-state index contributed by atoms with van der Waals surface area (Å²) in [6.07, 6.45) is 8.10. The van der Waals surface area contributed by atoms with Crippen molar-refractivity contribution < 1.29 is 0 Å². The summed E-state index contributed by atoms with van der Waals surface area (Å²) in [6, 6.07) is 0.794. The highest BCUT2D eigenvalue weighted by Gasteiger charge is 2.17. The fourth-order valence-electron chi connectivity index (χ4n) is 3.71. The van der Waals surface area contributed by atoms with Crippen LogP contribution >= 0.6 is 0 Å². The van der Waals surface area contributed by atoms with Crippen molar-refractivity contribution in [3.63, 3.8) is 0 Å². The Labute approximate surface area is 153 Å². The smallest absolute Gasteiger partial charge is 0.191 e. The molecule has 1 fully saturated rings. The molecule has 0 atom stereocenters. The molecule has 0 radical (unpaired) electrons. The summed E-state index contributed by atoms with van der Waals surface area (Å²) in [5.41, 5.74) is 3.54. The summed E-state index contributed by atoms with van der Waals surface area (Å²) >= 11 is 0. The Morgan fingerprint density at radius 1 is 1.24 bits per heavy atom. The van der Waals surface area contributed by atoms with Gasteiger partial charge in [0.2, 0.25) is 0 Å². The standard InChI is InChI=1S/C19H36N6/c1-15-18(16(2)25(5)23-15)14-22-19(20-3)21-12-9-13-24(4)17-10-7-6-8-11-17/h17H,6-14H2,1-5H3,(H2,20,21,22). The van der Waals surface area contributed by atoms with E-state index in [4.69, 9.17) is 0 Å². The summed E-state index contributed by atoms with van der Waals surface area (Å²) in [5.74, 6) is 0.864. The molecule has 25 heavy (non-hydrogen) atoms. The number of aryl methyl sites for hydroxylation is 2. The molecule has 0 saturated heterocycles. The van der Waals surface area contributed by atoms with Gasteiger partial charge in [0.1, 0.15) is 0 Å². The van der Waals surface area contributed by atoms with Crippen molar-refractivity contribution in [2.75, 3.05) is 27.2 Å². The van der Waals surface area contributed by atoms with Gasteiger partial charge in [-0.05, 0) is 46.7 Å². The van der Waals surface area contributed by atoms with Crippen molar-refractivity contribution in [2.45, 2.75) is 65.0 Å². The predicted octanol–water partition coefficient (Wildman–Crippen LogP) is 2.36. The fraction of sp³-hybridized carbons (Fsp3) is 0.789. The van der Waals surface area contributed by atoms with Gasteiger partial charge in [0.15, 0.2) is 5.96 Å². The average Bonchev–Trinajstić information content (AvgIpc) is 2.87. The Morgan fingerprint density at radius 2 is 1.96 bits per heavy atom. The zero-order valence-electron chi connectivity index (χ0n) is 16.7. The average molecular weight is 349 g/mol. The molecule has 1 aliphatic carbocycles. The van der Waals surface area contributed by atoms with E-state index < -0.39 is 0 Å². The summed E-state index contributed by atoms with van der Waals surface area (Å²) in [4.78, 5) is 6.87. The largest absolute Gasteiger partial charge is 0.356 e. The lowest BCUT2D eigenvalue weighted by Crippen LogP contribution is -2.39. The highest BCUT2D eigenvalue weighted by atomic mass is 15.3. The van der Waals surface area contributed by atoms with E-state index >= 15 is 0 Å². The van der Waals surface area contributed by atoms with Crippen molar-refractivity contribution in [3.05, 3.63) is 17.0 Å². The molecule has 0 amide bonds. The maximum Gasteiger partial charge on any atom is 0.191 e.